The summed E-state index contributed by atoms with van der Waals surface area (Å²) in [7, 11) is 0. The molecule has 0 aliphatic carbocycles. The zero-order chi connectivity index (χ0) is 13.2. The van der Waals surface area contributed by atoms with Crippen LogP contribution in [-0.4, -0.2) is 18.6 Å². The number of hydrogen-bond donors (Lipinski definition) is 0. The van der Waals surface area contributed by atoms with E-state index in [1.165, 1.54) is 0 Å². The highest BCUT2D eigenvalue weighted by atomic mass is 19.4. The number of rotatable bonds is 3. The van der Waals surface area contributed by atoms with E-state index in [0.29, 0.717) is 18.8 Å². The lowest BCUT2D eigenvalue weighted by molar-refractivity contribution is -0.152. The Bertz CT molecular complexity index is 440. The van der Waals surface area contributed by atoms with Crippen LogP contribution in [0.3, 0.4) is 0 Å². The van der Waals surface area contributed by atoms with Crippen LogP contribution in [0.1, 0.15) is 30.7 Å². The maximum atomic E-state index is 12.1. The molecule has 0 saturated heterocycles. The van der Waals surface area contributed by atoms with E-state index in [1.807, 2.05) is 0 Å². The van der Waals surface area contributed by atoms with Crippen molar-refractivity contribution in [3.05, 3.63) is 29.8 Å². The summed E-state index contributed by atoms with van der Waals surface area (Å²) in [4.78, 5) is 11.4. The van der Waals surface area contributed by atoms with Gasteiger partial charge in [-0.3, -0.25) is 4.79 Å². The van der Waals surface area contributed by atoms with Crippen LogP contribution in [0.15, 0.2) is 24.3 Å². The van der Waals surface area contributed by atoms with Gasteiger partial charge in [-0.25, -0.2) is 0 Å². The molecular formula is C13H13F3O2. The van der Waals surface area contributed by atoms with Crippen molar-refractivity contribution in [3.8, 4) is 5.75 Å². The molecule has 0 fully saturated rings. The van der Waals surface area contributed by atoms with E-state index in [9.17, 15) is 18.0 Å². The number of ether oxygens (including phenoxy) is 1. The molecule has 1 aliphatic heterocycles. The normalized spacial score (nSPS) is 18.9. The summed E-state index contributed by atoms with van der Waals surface area (Å²) in [5, 5.41) is 0. The smallest absolute Gasteiger partial charge is 0.395 e. The average molecular weight is 258 g/mol. The van der Waals surface area contributed by atoms with E-state index in [4.69, 9.17) is 4.74 Å². The van der Waals surface area contributed by atoms with Crippen LogP contribution in [0, 0.1) is 0 Å². The highest BCUT2D eigenvalue weighted by Crippen LogP contribution is 2.36. The van der Waals surface area contributed by atoms with Crippen molar-refractivity contribution in [1.82, 2.24) is 0 Å². The predicted octanol–water partition coefficient (Wildman–Crippen LogP) is 3.46. The molecule has 1 aromatic carbocycles. The van der Waals surface area contributed by atoms with Gasteiger partial charge in [0.2, 0.25) is 0 Å². The number of carbonyl (C=O) groups excluding carboxylic acids is 1. The van der Waals surface area contributed by atoms with Crippen molar-refractivity contribution in [1.29, 1.82) is 0 Å². The fraction of sp³-hybridized carbons (Fsp3) is 0.462. The van der Waals surface area contributed by atoms with Gasteiger partial charge in [0.15, 0.2) is 0 Å². The molecule has 0 amide bonds. The van der Waals surface area contributed by atoms with E-state index in [-0.39, 0.29) is 12.3 Å². The highest BCUT2D eigenvalue weighted by molar-refractivity contribution is 5.80. The number of Topliss-reactive ketones (excluding diaryl/α,β-unsaturated/α-hetero) is 1. The number of benzene rings is 1. The predicted molar refractivity (Wildman–Crippen MR) is 59.6 cm³/mol. The summed E-state index contributed by atoms with van der Waals surface area (Å²) in [6.07, 6.45) is -5.24. The summed E-state index contributed by atoms with van der Waals surface area (Å²) in [6.45, 7) is 0.445. The molecule has 2 nitrogen and oxygen atoms in total. The van der Waals surface area contributed by atoms with Crippen molar-refractivity contribution in [2.75, 3.05) is 6.61 Å². The summed E-state index contributed by atoms with van der Waals surface area (Å²) >= 11 is 0. The third-order valence-electron chi connectivity index (χ3n) is 2.95. The average Bonchev–Trinajstić information content (AvgIpc) is 2.27. The third kappa shape index (κ3) is 3.24. The first kappa shape index (κ1) is 12.9. The van der Waals surface area contributed by atoms with Crippen LogP contribution in [0.5, 0.6) is 5.75 Å². The van der Waals surface area contributed by atoms with Gasteiger partial charge >= 0.3 is 6.18 Å². The van der Waals surface area contributed by atoms with Crippen LogP contribution < -0.4 is 4.74 Å². The van der Waals surface area contributed by atoms with E-state index in [0.717, 1.165) is 5.56 Å². The second-order valence-corrected chi connectivity index (χ2v) is 4.41. The fourth-order valence-corrected chi connectivity index (χ4v) is 2.20. The quantitative estimate of drug-likeness (QED) is 0.829. The Morgan fingerprint density at radius 1 is 1.33 bits per heavy atom. The number of halogens is 3. The van der Waals surface area contributed by atoms with Gasteiger partial charge in [0.05, 0.1) is 6.61 Å². The molecule has 1 unspecified atom stereocenters. The zero-order valence-electron chi connectivity index (χ0n) is 9.67. The second kappa shape index (κ2) is 5.00. The Morgan fingerprint density at radius 2 is 2.06 bits per heavy atom. The van der Waals surface area contributed by atoms with Gasteiger partial charge in [-0.05, 0) is 24.0 Å². The van der Waals surface area contributed by atoms with Gasteiger partial charge in [0, 0.05) is 6.42 Å². The molecular weight excluding hydrogens is 245 g/mol. The number of alkyl halides is 3. The van der Waals surface area contributed by atoms with Gasteiger partial charge < -0.3 is 4.74 Å². The number of fused-ring (bicyclic) bond motifs is 1. The van der Waals surface area contributed by atoms with E-state index in [2.05, 4.69) is 0 Å². The molecule has 0 bridgehead atoms. The van der Waals surface area contributed by atoms with Crippen molar-refractivity contribution in [3.63, 3.8) is 0 Å². The molecule has 0 N–H and O–H groups in total. The Morgan fingerprint density at radius 3 is 2.78 bits per heavy atom. The maximum absolute atomic E-state index is 12.1. The largest absolute Gasteiger partial charge is 0.493 e. The molecule has 0 aromatic heterocycles. The summed E-state index contributed by atoms with van der Waals surface area (Å²) < 4.78 is 41.7. The van der Waals surface area contributed by atoms with Crippen LogP contribution in [0.2, 0.25) is 0 Å². The van der Waals surface area contributed by atoms with Gasteiger partial charge in [-0.2, -0.15) is 13.2 Å². The lowest BCUT2D eigenvalue weighted by Gasteiger charge is -2.25. The molecule has 1 aromatic rings. The minimum Gasteiger partial charge on any atom is -0.493 e. The Kier molecular flexibility index (Phi) is 3.59. The Balaban J connectivity index is 2.05. The fourth-order valence-electron chi connectivity index (χ4n) is 2.20. The minimum absolute atomic E-state index is 0.0696. The lowest BCUT2D eigenvalue weighted by Crippen LogP contribution is -2.20. The lowest BCUT2D eigenvalue weighted by atomic mass is 9.88. The molecule has 0 spiro atoms. The van der Waals surface area contributed by atoms with Crippen molar-refractivity contribution in [2.24, 2.45) is 0 Å². The number of carbonyl (C=O) groups is 1. The monoisotopic (exact) mass is 258 g/mol. The van der Waals surface area contributed by atoms with Gasteiger partial charge in [-0.15, -0.1) is 0 Å². The first-order valence-corrected chi connectivity index (χ1v) is 5.76. The SMILES string of the molecule is O=C(CC1CCOc2ccccc21)CC(F)(F)F. The van der Waals surface area contributed by atoms with E-state index < -0.39 is 18.4 Å². The first-order valence-electron chi connectivity index (χ1n) is 5.76. The first-order chi connectivity index (χ1) is 8.46. The molecule has 0 radical (unpaired) electrons. The molecule has 1 atom stereocenters. The van der Waals surface area contributed by atoms with Crippen LogP contribution in [-0.2, 0) is 4.79 Å². The van der Waals surface area contributed by atoms with Crippen LogP contribution in [0.4, 0.5) is 13.2 Å². The van der Waals surface area contributed by atoms with Crippen LogP contribution >= 0.6 is 0 Å². The van der Waals surface area contributed by atoms with Crippen molar-refractivity contribution in [2.45, 2.75) is 31.4 Å². The summed E-state index contributed by atoms with van der Waals surface area (Å²) in [6, 6.07) is 7.18. The molecule has 1 heterocycles. The summed E-state index contributed by atoms with van der Waals surface area (Å²) in [5.41, 5.74) is 0.833. The van der Waals surface area contributed by atoms with E-state index in [1.54, 1.807) is 24.3 Å². The zero-order valence-corrected chi connectivity index (χ0v) is 9.67. The number of ketones is 1. The second-order valence-electron chi connectivity index (χ2n) is 4.41. The summed E-state index contributed by atoms with van der Waals surface area (Å²) in [5.74, 6) is -0.248. The minimum atomic E-state index is -4.41. The highest BCUT2D eigenvalue weighted by Gasteiger charge is 2.33. The van der Waals surface area contributed by atoms with Gasteiger partial charge in [-0.1, -0.05) is 18.2 Å². The molecule has 1 aliphatic rings. The van der Waals surface area contributed by atoms with Gasteiger partial charge in [0.25, 0.3) is 0 Å². The van der Waals surface area contributed by atoms with Crippen molar-refractivity contribution >= 4 is 5.78 Å². The molecule has 98 valence electrons. The van der Waals surface area contributed by atoms with Crippen LogP contribution in [0.25, 0.3) is 0 Å². The maximum Gasteiger partial charge on any atom is 0.395 e. The van der Waals surface area contributed by atoms with Gasteiger partial charge in [0.1, 0.15) is 18.0 Å². The molecule has 2 rings (SSSR count). The molecule has 5 heteroatoms. The number of hydrogen-bond acceptors (Lipinski definition) is 2. The Hall–Kier alpha value is -1.52. The Labute approximate surface area is 103 Å². The third-order valence-corrected chi connectivity index (χ3v) is 2.95. The molecule has 18 heavy (non-hydrogen) atoms. The molecule has 0 saturated carbocycles. The topological polar surface area (TPSA) is 26.3 Å². The standard InChI is InChI=1S/C13H13F3O2/c14-13(15,16)8-10(17)7-9-5-6-18-12-4-2-1-3-11(9)12/h1-4,9H,5-8H2. The van der Waals surface area contributed by atoms with E-state index >= 15 is 0 Å². The number of para-hydroxylation sites is 1. The van der Waals surface area contributed by atoms with Crippen molar-refractivity contribution < 1.29 is 22.7 Å².